The molecule has 0 saturated heterocycles. The number of sulfonamides is 1. The SMILES string of the molecule is CCCC1=Nc2cccc(Cl)c2S(=O)(=O)N1c1ccccc1. The minimum absolute atomic E-state index is 0.0698. The molecule has 22 heavy (non-hydrogen) atoms. The van der Waals surface area contributed by atoms with E-state index >= 15 is 0 Å². The minimum atomic E-state index is -3.77. The van der Waals surface area contributed by atoms with Crippen LogP contribution in [0.3, 0.4) is 0 Å². The fourth-order valence-electron chi connectivity index (χ4n) is 2.49. The van der Waals surface area contributed by atoms with Crippen LogP contribution >= 0.6 is 11.6 Å². The maximum absolute atomic E-state index is 13.1. The number of nitrogens with zero attached hydrogens (tertiary/aromatic N) is 2. The molecular weight excluding hydrogens is 320 g/mol. The molecule has 0 N–H and O–H groups in total. The van der Waals surface area contributed by atoms with Gasteiger partial charge in [0.05, 0.1) is 16.4 Å². The van der Waals surface area contributed by atoms with Gasteiger partial charge in [-0.25, -0.2) is 17.7 Å². The molecule has 0 spiro atoms. The number of fused-ring (bicyclic) bond motifs is 1. The smallest absolute Gasteiger partial charge is 0.233 e. The van der Waals surface area contributed by atoms with Crippen LogP contribution in [0, 0.1) is 0 Å². The van der Waals surface area contributed by atoms with Crippen molar-refractivity contribution in [2.75, 3.05) is 4.31 Å². The van der Waals surface area contributed by atoms with Crippen LogP contribution in [-0.4, -0.2) is 14.3 Å². The van der Waals surface area contributed by atoms with E-state index in [-0.39, 0.29) is 9.92 Å². The monoisotopic (exact) mass is 334 g/mol. The Morgan fingerprint density at radius 1 is 1.09 bits per heavy atom. The molecule has 1 aliphatic rings. The molecule has 1 aliphatic heterocycles. The fourth-order valence-corrected chi connectivity index (χ4v) is 4.63. The van der Waals surface area contributed by atoms with Crippen molar-refractivity contribution in [1.82, 2.24) is 0 Å². The highest BCUT2D eigenvalue weighted by Gasteiger charge is 2.36. The minimum Gasteiger partial charge on any atom is -0.233 e. The Bertz CT molecular complexity index is 832. The first kappa shape index (κ1) is 15.1. The van der Waals surface area contributed by atoms with Gasteiger partial charge in [-0.15, -0.1) is 0 Å². The van der Waals surface area contributed by atoms with Crippen LogP contribution < -0.4 is 4.31 Å². The zero-order chi connectivity index (χ0) is 15.7. The lowest BCUT2D eigenvalue weighted by Crippen LogP contribution is -2.39. The summed E-state index contributed by atoms with van der Waals surface area (Å²) in [6, 6.07) is 13.9. The van der Waals surface area contributed by atoms with Gasteiger partial charge in [-0.2, -0.15) is 0 Å². The van der Waals surface area contributed by atoms with Crippen molar-refractivity contribution in [1.29, 1.82) is 0 Å². The number of para-hydroxylation sites is 1. The van der Waals surface area contributed by atoms with Crippen molar-refractivity contribution in [2.24, 2.45) is 4.99 Å². The number of benzene rings is 2. The van der Waals surface area contributed by atoms with Gasteiger partial charge in [0.1, 0.15) is 10.7 Å². The summed E-state index contributed by atoms with van der Waals surface area (Å²) in [6.45, 7) is 1.99. The molecule has 0 aliphatic carbocycles. The van der Waals surface area contributed by atoms with Gasteiger partial charge in [-0.1, -0.05) is 42.8 Å². The molecule has 2 aromatic carbocycles. The lowest BCUT2D eigenvalue weighted by Gasteiger charge is -2.30. The molecular formula is C16H15ClN2O2S. The lowest BCUT2D eigenvalue weighted by atomic mass is 10.2. The van der Waals surface area contributed by atoms with Crippen molar-refractivity contribution in [3.8, 4) is 0 Å². The third-order valence-corrected chi connectivity index (χ3v) is 5.67. The van der Waals surface area contributed by atoms with Gasteiger partial charge in [0.15, 0.2) is 0 Å². The predicted molar refractivity (Wildman–Crippen MR) is 89.6 cm³/mol. The van der Waals surface area contributed by atoms with Gasteiger partial charge in [-0.05, 0) is 30.7 Å². The zero-order valence-electron chi connectivity index (χ0n) is 12.0. The van der Waals surface area contributed by atoms with Crippen LogP contribution in [0.25, 0.3) is 0 Å². The maximum Gasteiger partial charge on any atom is 0.273 e. The highest BCUT2D eigenvalue weighted by Crippen LogP contribution is 2.39. The Labute approximate surface area is 135 Å². The fraction of sp³-hybridized carbons (Fsp3) is 0.188. The van der Waals surface area contributed by atoms with E-state index in [9.17, 15) is 8.42 Å². The molecule has 114 valence electrons. The van der Waals surface area contributed by atoms with E-state index in [1.54, 1.807) is 42.5 Å². The van der Waals surface area contributed by atoms with Gasteiger partial charge in [-0.3, -0.25) is 0 Å². The quantitative estimate of drug-likeness (QED) is 0.836. The summed E-state index contributed by atoms with van der Waals surface area (Å²) in [4.78, 5) is 4.60. The summed E-state index contributed by atoms with van der Waals surface area (Å²) < 4.78 is 27.4. The zero-order valence-corrected chi connectivity index (χ0v) is 13.6. The lowest BCUT2D eigenvalue weighted by molar-refractivity contribution is 0.596. The van der Waals surface area contributed by atoms with Gasteiger partial charge in [0.25, 0.3) is 10.0 Å². The molecule has 0 bridgehead atoms. The average molecular weight is 335 g/mol. The number of aliphatic imine (C=N–C) groups is 1. The molecule has 3 rings (SSSR count). The van der Waals surface area contributed by atoms with Crippen LogP contribution in [0.5, 0.6) is 0 Å². The van der Waals surface area contributed by atoms with Crippen molar-refractivity contribution < 1.29 is 8.42 Å². The number of hydrogen-bond acceptors (Lipinski definition) is 3. The molecule has 2 aromatic rings. The second-order valence-corrected chi connectivity index (χ2v) is 7.10. The van der Waals surface area contributed by atoms with Crippen LogP contribution in [0.1, 0.15) is 19.8 Å². The first-order valence-corrected chi connectivity index (χ1v) is 8.84. The maximum atomic E-state index is 13.1. The summed E-state index contributed by atoms with van der Waals surface area (Å²) in [5.41, 5.74) is 0.975. The van der Waals surface area contributed by atoms with E-state index in [1.807, 2.05) is 13.0 Å². The first-order valence-electron chi connectivity index (χ1n) is 7.02. The molecule has 0 fully saturated rings. The van der Waals surface area contributed by atoms with Crippen LogP contribution in [0.15, 0.2) is 58.4 Å². The highest BCUT2D eigenvalue weighted by molar-refractivity contribution is 7.94. The van der Waals surface area contributed by atoms with Crippen molar-refractivity contribution in [3.05, 3.63) is 53.6 Å². The topological polar surface area (TPSA) is 49.7 Å². The molecule has 0 saturated carbocycles. The first-order chi connectivity index (χ1) is 10.6. The summed E-state index contributed by atoms with van der Waals surface area (Å²) in [5, 5.41) is 0.192. The second-order valence-electron chi connectivity index (χ2n) is 4.97. The largest absolute Gasteiger partial charge is 0.273 e. The molecule has 6 heteroatoms. The Kier molecular flexibility index (Phi) is 3.93. The summed E-state index contributed by atoms with van der Waals surface area (Å²) >= 11 is 6.13. The number of rotatable bonds is 3. The molecule has 0 amide bonds. The average Bonchev–Trinajstić information content (AvgIpc) is 2.47. The molecule has 4 nitrogen and oxygen atoms in total. The van der Waals surface area contributed by atoms with E-state index in [1.165, 1.54) is 4.31 Å². The Morgan fingerprint density at radius 2 is 1.82 bits per heavy atom. The number of anilines is 1. The second kappa shape index (κ2) is 5.74. The van der Waals surface area contributed by atoms with E-state index in [0.717, 1.165) is 6.42 Å². The summed E-state index contributed by atoms with van der Waals surface area (Å²) in [7, 11) is -3.77. The van der Waals surface area contributed by atoms with Gasteiger partial charge in [0, 0.05) is 6.42 Å². The van der Waals surface area contributed by atoms with Gasteiger partial charge < -0.3 is 0 Å². The van der Waals surface area contributed by atoms with E-state index in [2.05, 4.69) is 4.99 Å². The molecule has 1 heterocycles. The van der Waals surface area contributed by atoms with Crippen molar-refractivity contribution in [2.45, 2.75) is 24.7 Å². The van der Waals surface area contributed by atoms with Gasteiger partial charge in [0.2, 0.25) is 0 Å². The molecule has 0 aromatic heterocycles. The molecule has 0 radical (unpaired) electrons. The Hall–Kier alpha value is -1.85. The number of amidine groups is 1. The van der Waals surface area contributed by atoms with Crippen LogP contribution in [-0.2, 0) is 10.0 Å². The van der Waals surface area contributed by atoms with Crippen LogP contribution in [0.2, 0.25) is 5.02 Å². The van der Waals surface area contributed by atoms with Gasteiger partial charge >= 0.3 is 0 Å². The van der Waals surface area contributed by atoms with E-state index in [4.69, 9.17) is 11.6 Å². The number of halogens is 1. The van der Waals surface area contributed by atoms with E-state index < -0.39 is 10.0 Å². The normalized spacial score (nSPS) is 16.1. The summed E-state index contributed by atoms with van der Waals surface area (Å²) in [5.74, 6) is 0.517. The van der Waals surface area contributed by atoms with Crippen molar-refractivity contribution >= 4 is 38.8 Å². The Morgan fingerprint density at radius 3 is 2.50 bits per heavy atom. The predicted octanol–water partition coefficient (Wildman–Crippen LogP) is 4.38. The van der Waals surface area contributed by atoms with Crippen molar-refractivity contribution in [3.63, 3.8) is 0 Å². The Balaban J connectivity index is 2.28. The van der Waals surface area contributed by atoms with E-state index in [0.29, 0.717) is 23.6 Å². The number of hydrogen-bond donors (Lipinski definition) is 0. The summed E-state index contributed by atoms with van der Waals surface area (Å²) in [6.07, 6.45) is 1.37. The third-order valence-electron chi connectivity index (χ3n) is 3.39. The third kappa shape index (κ3) is 2.40. The molecule has 0 unspecified atom stereocenters. The standard InChI is InChI=1S/C16H15ClN2O2S/c1-2-7-15-18-14-11-6-10-13(17)16(14)22(20,21)19(15)12-8-4-3-5-9-12/h3-6,8-11H,2,7H2,1H3. The van der Waals surface area contributed by atoms with Crippen LogP contribution in [0.4, 0.5) is 11.4 Å². The highest BCUT2D eigenvalue weighted by atomic mass is 35.5. The molecule has 0 atom stereocenters.